The first kappa shape index (κ1) is 16.5. The van der Waals surface area contributed by atoms with Crippen LogP contribution in [0.3, 0.4) is 0 Å². The van der Waals surface area contributed by atoms with Gasteiger partial charge in [0.2, 0.25) is 0 Å². The van der Waals surface area contributed by atoms with Gasteiger partial charge in [0.25, 0.3) is 0 Å². The van der Waals surface area contributed by atoms with Gasteiger partial charge >= 0.3 is 0 Å². The first-order valence-electron chi connectivity index (χ1n) is 8.42. The van der Waals surface area contributed by atoms with Gasteiger partial charge in [-0.2, -0.15) is 0 Å². The summed E-state index contributed by atoms with van der Waals surface area (Å²) >= 11 is 0. The minimum atomic E-state index is -0.292. The molecule has 0 bridgehead atoms. The fourth-order valence-electron chi connectivity index (χ4n) is 3.47. The number of carbonyl (C=O) groups excluding carboxylic acids is 1. The number of aryl methyl sites for hydroxylation is 1. The fourth-order valence-corrected chi connectivity index (χ4v) is 3.47. The van der Waals surface area contributed by atoms with Gasteiger partial charge in [-0.1, -0.05) is 55.5 Å². The summed E-state index contributed by atoms with van der Waals surface area (Å²) in [6.07, 6.45) is 10.3. The quantitative estimate of drug-likeness (QED) is 0.904. The van der Waals surface area contributed by atoms with Gasteiger partial charge in [0.1, 0.15) is 6.04 Å². The van der Waals surface area contributed by atoms with Gasteiger partial charge in [-0.3, -0.25) is 4.79 Å². The standard InChI is InChI=1S/C21H24N2O/c1-15-9-5-4-6-11-18(15)21(20(24)14-22-3)23-16(2)13-17-10-7-8-12-19(17)23/h4-13,15,21-22H,14H2,1-3H3. The molecule has 0 amide bonds. The van der Waals surface area contributed by atoms with Gasteiger partial charge in [0, 0.05) is 11.2 Å². The molecule has 3 nitrogen and oxygen atoms in total. The van der Waals surface area contributed by atoms with E-state index in [4.69, 9.17) is 0 Å². The van der Waals surface area contributed by atoms with Crippen molar-refractivity contribution >= 4 is 16.7 Å². The molecule has 1 heterocycles. The molecule has 0 spiro atoms. The molecule has 0 saturated carbocycles. The zero-order valence-electron chi connectivity index (χ0n) is 14.5. The summed E-state index contributed by atoms with van der Waals surface area (Å²) in [6, 6.07) is 10.1. The molecule has 1 N–H and O–H groups in total. The second-order valence-corrected chi connectivity index (χ2v) is 6.34. The van der Waals surface area contributed by atoms with E-state index in [0.29, 0.717) is 6.54 Å². The normalized spacial score (nSPS) is 18.5. The van der Waals surface area contributed by atoms with Gasteiger partial charge in [-0.25, -0.2) is 0 Å². The van der Waals surface area contributed by atoms with E-state index >= 15 is 0 Å². The molecule has 0 saturated heterocycles. The van der Waals surface area contributed by atoms with Crippen molar-refractivity contribution in [2.75, 3.05) is 13.6 Å². The van der Waals surface area contributed by atoms with Crippen molar-refractivity contribution in [1.82, 2.24) is 9.88 Å². The number of benzene rings is 1. The van der Waals surface area contributed by atoms with Crippen LogP contribution in [-0.2, 0) is 4.79 Å². The van der Waals surface area contributed by atoms with Gasteiger partial charge in [-0.05, 0) is 43.0 Å². The average molecular weight is 320 g/mol. The van der Waals surface area contributed by atoms with Crippen molar-refractivity contribution in [3.05, 3.63) is 72.0 Å². The van der Waals surface area contributed by atoms with E-state index in [2.05, 4.69) is 54.1 Å². The molecular weight excluding hydrogens is 296 g/mol. The average Bonchev–Trinajstić information content (AvgIpc) is 2.74. The maximum absolute atomic E-state index is 13.0. The maximum atomic E-state index is 13.0. The van der Waals surface area contributed by atoms with Crippen molar-refractivity contribution < 1.29 is 4.79 Å². The zero-order chi connectivity index (χ0) is 17.1. The van der Waals surface area contributed by atoms with Gasteiger partial charge in [0.15, 0.2) is 5.78 Å². The molecule has 2 atom stereocenters. The number of hydrogen-bond acceptors (Lipinski definition) is 2. The first-order chi connectivity index (χ1) is 11.6. The van der Waals surface area contributed by atoms with Crippen LogP contribution in [0.1, 0.15) is 18.7 Å². The Morgan fingerprint density at radius 1 is 1.25 bits per heavy atom. The molecule has 0 radical (unpaired) electrons. The lowest BCUT2D eigenvalue weighted by Gasteiger charge is -2.26. The highest BCUT2D eigenvalue weighted by Crippen LogP contribution is 2.33. The zero-order valence-corrected chi connectivity index (χ0v) is 14.5. The first-order valence-corrected chi connectivity index (χ1v) is 8.42. The molecule has 2 unspecified atom stereocenters. The number of rotatable bonds is 5. The molecule has 0 aliphatic heterocycles. The predicted octanol–water partition coefficient (Wildman–Crippen LogP) is 3.97. The minimum absolute atomic E-state index is 0.184. The van der Waals surface area contributed by atoms with Crippen LogP contribution in [0.25, 0.3) is 10.9 Å². The SMILES string of the molecule is CNCC(=O)C(C1=CC=CC=CC1C)n1c(C)cc2ccccc21. The lowest BCUT2D eigenvalue weighted by molar-refractivity contribution is -0.120. The Balaban J connectivity index is 2.19. The molecule has 24 heavy (non-hydrogen) atoms. The van der Waals surface area contributed by atoms with Gasteiger partial charge in [-0.15, -0.1) is 0 Å². The summed E-state index contributed by atoms with van der Waals surface area (Å²) in [7, 11) is 1.82. The Labute approximate surface area is 143 Å². The predicted molar refractivity (Wildman–Crippen MR) is 100 cm³/mol. The molecule has 1 aromatic heterocycles. The number of allylic oxidation sites excluding steroid dienone is 6. The van der Waals surface area contributed by atoms with Crippen molar-refractivity contribution in [1.29, 1.82) is 0 Å². The third-order valence-electron chi connectivity index (χ3n) is 4.61. The van der Waals surface area contributed by atoms with E-state index in [-0.39, 0.29) is 17.7 Å². The number of likely N-dealkylation sites (N-methyl/N-ethyl adjacent to an activating group) is 1. The van der Waals surface area contributed by atoms with E-state index in [1.165, 1.54) is 5.39 Å². The van der Waals surface area contributed by atoms with E-state index in [9.17, 15) is 4.79 Å². The summed E-state index contributed by atoms with van der Waals surface area (Å²) < 4.78 is 2.18. The molecule has 0 fully saturated rings. The third kappa shape index (κ3) is 3.00. The van der Waals surface area contributed by atoms with Gasteiger partial charge in [0.05, 0.1) is 6.54 Å². The number of ketones is 1. The fraction of sp³-hybridized carbons (Fsp3) is 0.286. The van der Waals surface area contributed by atoms with E-state index < -0.39 is 0 Å². The smallest absolute Gasteiger partial charge is 0.173 e. The van der Waals surface area contributed by atoms with Crippen LogP contribution in [-0.4, -0.2) is 23.9 Å². The van der Waals surface area contributed by atoms with E-state index in [1.54, 1.807) is 0 Å². The summed E-state index contributed by atoms with van der Waals surface area (Å²) in [5.74, 6) is 0.398. The maximum Gasteiger partial charge on any atom is 0.173 e. The second-order valence-electron chi connectivity index (χ2n) is 6.34. The Bertz CT molecular complexity index is 839. The molecule has 1 aliphatic rings. The molecule has 2 aromatic rings. The largest absolute Gasteiger partial charge is 0.330 e. The summed E-state index contributed by atoms with van der Waals surface area (Å²) in [5.41, 5.74) is 3.34. The number of carbonyl (C=O) groups is 1. The summed E-state index contributed by atoms with van der Waals surface area (Å²) in [4.78, 5) is 13.0. The van der Waals surface area contributed by atoms with Crippen molar-refractivity contribution in [2.24, 2.45) is 5.92 Å². The highest BCUT2D eigenvalue weighted by atomic mass is 16.1. The Morgan fingerprint density at radius 2 is 2.04 bits per heavy atom. The Morgan fingerprint density at radius 3 is 2.83 bits per heavy atom. The number of Topliss-reactive ketones (excluding diaryl/α,β-unsaturated/α-hetero) is 1. The number of para-hydroxylation sites is 1. The Kier molecular flexibility index (Phi) is 4.81. The third-order valence-corrected chi connectivity index (χ3v) is 4.61. The number of aromatic nitrogens is 1. The minimum Gasteiger partial charge on any atom is -0.330 e. The van der Waals surface area contributed by atoms with Crippen molar-refractivity contribution in [3.63, 3.8) is 0 Å². The molecular formula is C21H24N2O. The number of nitrogens with one attached hydrogen (secondary N) is 1. The highest BCUT2D eigenvalue weighted by Gasteiger charge is 2.28. The summed E-state index contributed by atoms with van der Waals surface area (Å²) in [5, 5.41) is 4.19. The number of fused-ring (bicyclic) bond motifs is 1. The van der Waals surface area contributed by atoms with Crippen LogP contribution in [0.15, 0.2) is 66.3 Å². The van der Waals surface area contributed by atoms with Gasteiger partial charge < -0.3 is 9.88 Å². The highest BCUT2D eigenvalue weighted by molar-refractivity contribution is 5.91. The van der Waals surface area contributed by atoms with Crippen LogP contribution in [0.5, 0.6) is 0 Å². The van der Waals surface area contributed by atoms with Crippen LogP contribution < -0.4 is 5.32 Å². The lowest BCUT2D eigenvalue weighted by Crippen LogP contribution is -2.31. The van der Waals surface area contributed by atoms with Crippen molar-refractivity contribution in [3.8, 4) is 0 Å². The Hall–Kier alpha value is -2.39. The number of hydrogen-bond donors (Lipinski definition) is 1. The van der Waals surface area contributed by atoms with Crippen LogP contribution in [0, 0.1) is 12.8 Å². The molecule has 3 rings (SSSR count). The molecule has 1 aromatic carbocycles. The molecule has 124 valence electrons. The van der Waals surface area contributed by atoms with Crippen LogP contribution >= 0.6 is 0 Å². The second kappa shape index (κ2) is 7.02. The topological polar surface area (TPSA) is 34.0 Å². The monoisotopic (exact) mass is 320 g/mol. The molecule has 1 aliphatic carbocycles. The number of nitrogens with zero attached hydrogens (tertiary/aromatic N) is 1. The van der Waals surface area contributed by atoms with E-state index in [0.717, 1.165) is 16.8 Å². The summed E-state index contributed by atoms with van der Waals surface area (Å²) in [6.45, 7) is 4.58. The van der Waals surface area contributed by atoms with Crippen molar-refractivity contribution in [2.45, 2.75) is 19.9 Å². The van der Waals surface area contributed by atoms with Crippen LogP contribution in [0.2, 0.25) is 0 Å². The lowest BCUT2D eigenvalue weighted by atomic mass is 9.90. The van der Waals surface area contributed by atoms with Crippen LogP contribution in [0.4, 0.5) is 0 Å². The molecule has 3 heteroatoms. The van der Waals surface area contributed by atoms with E-state index in [1.807, 2.05) is 37.4 Å².